The molecule has 0 saturated carbocycles. The maximum absolute atomic E-state index is 12.9. The molecule has 0 aliphatic carbocycles. The van der Waals surface area contributed by atoms with Crippen molar-refractivity contribution in [2.75, 3.05) is 0 Å². The second-order valence-electron chi connectivity index (χ2n) is 7.38. The summed E-state index contributed by atoms with van der Waals surface area (Å²) >= 11 is 0. The number of rotatable bonds is 6. The Kier molecular flexibility index (Phi) is 5.75. The highest BCUT2D eigenvalue weighted by Gasteiger charge is 2.16. The number of benzene rings is 2. The summed E-state index contributed by atoms with van der Waals surface area (Å²) in [5.41, 5.74) is 2.32. The van der Waals surface area contributed by atoms with Gasteiger partial charge in [-0.25, -0.2) is 4.98 Å². The van der Waals surface area contributed by atoms with Gasteiger partial charge in [-0.3, -0.25) is 23.5 Å². The average Bonchev–Trinajstić information content (AvgIpc) is 2.80. The van der Waals surface area contributed by atoms with Gasteiger partial charge < -0.3 is 5.32 Å². The van der Waals surface area contributed by atoms with E-state index in [0.29, 0.717) is 17.7 Å². The Morgan fingerprint density at radius 3 is 2.32 bits per heavy atom. The predicted octanol–water partition coefficient (Wildman–Crippen LogP) is 2.23. The fraction of sp³-hybridized carbons (Fsp3) is 0.167. The molecule has 0 saturated heterocycles. The zero-order chi connectivity index (χ0) is 21.8. The van der Waals surface area contributed by atoms with Gasteiger partial charge in [-0.15, -0.1) is 0 Å². The number of carbonyl (C=O) groups is 1. The lowest BCUT2D eigenvalue weighted by Gasteiger charge is -2.14. The Morgan fingerprint density at radius 1 is 0.871 bits per heavy atom. The van der Waals surface area contributed by atoms with Crippen LogP contribution >= 0.6 is 0 Å². The van der Waals surface area contributed by atoms with Gasteiger partial charge in [0.2, 0.25) is 5.91 Å². The van der Waals surface area contributed by atoms with Crippen LogP contribution in [-0.4, -0.2) is 20.0 Å². The van der Waals surface area contributed by atoms with Crippen molar-refractivity contribution in [3.8, 4) is 0 Å². The molecule has 0 bridgehead atoms. The molecule has 0 spiro atoms. The van der Waals surface area contributed by atoms with E-state index < -0.39 is 11.1 Å². The van der Waals surface area contributed by atoms with Gasteiger partial charge in [0.25, 0.3) is 0 Å². The highest BCUT2D eigenvalue weighted by atomic mass is 16.2. The molecular formula is C24H22N4O3. The maximum atomic E-state index is 12.9. The highest BCUT2D eigenvalue weighted by molar-refractivity contribution is 5.78. The maximum Gasteiger partial charge on any atom is 0.318 e. The quantitative estimate of drug-likeness (QED) is 0.490. The number of nitrogens with one attached hydrogen (secondary N) is 1. The largest absolute Gasteiger partial charge is 0.350 e. The summed E-state index contributed by atoms with van der Waals surface area (Å²) in [7, 11) is 0. The third-order valence-corrected chi connectivity index (χ3v) is 5.08. The van der Waals surface area contributed by atoms with Gasteiger partial charge in [-0.2, -0.15) is 0 Å². The molecule has 0 atom stereocenters. The molecule has 156 valence electrons. The van der Waals surface area contributed by atoms with Crippen LogP contribution in [0.3, 0.4) is 0 Å². The predicted molar refractivity (Wildman–Crippen MR) is 119 cm³/mol. The number of hydrogen-bond donors (Lipinski definition) is 1. The van der Waals surface area contributed by atoms with Crippen LogP contribution in [0, 0.1) is 6.92 Å². The number of fused-ring (bicyclic) bond motifs is 1. The normalized spacial score (nSPS) is 10.9. The van der Waals surface area contributed by atoms with Crippen LogP contribution in [0.25, 0.3) is 11.2 Å². The molecule has 0 aliphatic heterocycles. The van der Waals surface area contributed by atoms with Crippen LogP contribution in [0.1, 0.15) is 16.7 Å². The van der Waals surface area contributed by atoms with E-state index in [2.05, 4.69) is 10.3 Å². The van der Waals surface area contributed by atoms with Crippen molar-refractivity contribution < 1.29 is 4.79 Å². The van der Waals surface area contributed by atoms with Gasteiger partial charge in [-0.1, -0.05) is 60.2 Å². The van der Waals surface area contributed by atoms with Crippen molar-refractivity contribution in [2.45, 2.75) is 26.6 Å². The second-order valence-corrected chi connectivity index (χ2v) is 7.38. The van der Waals surface area contributed by atoms with Crippen LogP contribution < -0.4 is 16.4 Å². The molecule has 2 aromatic heterocycles. The summed E-state index contributed by atoms with van der Waals surface area (Å²) in [5, 5.41) is 2.80. The minimum atomic E-state index is -0.748. The lowest BCUT2D eigenvalue weighted by molar-refractivity contribution is -0.121. The first-order valence-corrected chi connectivity index (χ1v) is 9.97. The summed E-state index contributed by atoms with van der Waals surface area (Å²) in [4.78, 5) is 42.6. The lowest BCUT2D eigenvalue weighted by Crippen LogP contribution is -2.44. The van der Waals surface area contributed by atoms with Crippen molar-refractivity contribution >= 4 is 17.1 Å². The molecule has 1 N–H and O–H groups in total. The van der Waals surface area contributed by atoms with Gasteiger partial charge in [0, 0.05) is 12.7 Å². The molecule has 4 rings (SSSR count). The second kappa shape index (κ2) is 8.79. The van der Waals surface area contributed by atoms with Crippen molar-refractivity contribution in [2.24, 2.45) is 0 Å². The molecule has 1 amide bonds. The van der Waals surface area contributed by atoms with Crippen molar-refractivity contribution in [1.82, 2.24) is 19.4 Å². The zero-order valence-corrected chi connectivity index (χ0v) is 17.1. The summed E-state index contributed by atoms with van der Waals surface area (Å²) < 4.78 is 2.55. The topological polar surface area (TPSA) is 86.0 Å². The van der Waals surface area contributed by atoms with E-state index in [9.17, 15) is 14.4 Å². The van der Waals surface area contributed by atoms with Gasteiger partial charge in [0.1, 0.15) is 6.54 Å². The molecule has 4 aromatic rings. The molecular weight excluding hydrogens is 392 g/mol. The first-order valence-electron chi connectivity index (χ1n) is 9.97. The smallest absolute Gasteiger partial charge is 0.318 e. The third kappa shape index (κ3) is 4.45. The number of pyridine rings is 1. The Bertz CT molecular complexity index is 1340. The van der Waals surface area contributed by atoms with E-state index in [1.165, 1.54) is 9.13 Å². The van der Waals surface area contributed by atoms with E-state index in [1.54, 1.807) is 18.3 Å². The molecule has 0 fully saturated rings. The first-order chi connectivity index (χ1) is 15.0. The monoisotopic (exact) mass is 414 g/mol. The van der Waals surface area contributed by atoms with Crippen LogP contribution in [0.4, 0.5) is 0 Å². The molecule has 0 radical (unpaired) electrons. The molecule has 2 aromatic carbocycles. The Hall–Kier alpha value is -4.00. The number of hydrogen-bond acceptors (Lipinski definition) is 4. The van der Waals surface area contributed by atoms with Crippen LogP contribution in [0.5, 0.6) is 0 Å². The minimum absolute atomic E-state index is 0.225. The van der Waals surface area contributed by atoms with Gasteiger partial charge in [0.05, 0.1) is 12.1 Å². The minimum Gasteiger partial charge on any atom is -0.350 e. The molecule has 7 heteroatoms. The summed E-state index contributed by atoms with van der Waals surface area (Å²) in [6, 6.07) is 20.6. The van der Waals surface area contributed by atoms with Crippen molar-refractivity contribution in [1.29, 1.82) is 0 Å². The van der Waals surface area contributed by atoms with Crippen molar-refractivity contribution in [3.05, 3.63) is 110 Å². The van der Waals surface area contributed by atoms with Gasteiger partial charge in [-0.05, 0) is 30.2 Å². The van der Waals surface area contributed by atoms with Crippen molar-refractivity contribution in [3.63, 3.8) is 0 Å². The van der Waals surface area contributed by atoms with E-state index in [1.807, 2.05) is 61.5 Å². The Balaban J connectivity index is 1.64. The third-order valence-electron chi connectivity index (χ3n) is 5.08. The molecule has 0 unspecified atom stereocenters. The average molecular weight is 414 g/mol. The summed E-state index contributed by atoms with van der Waals surface area (Å²) in [6.45, 7) is 2.31. The van der Waals surface area contributed by atoms with Gasteiger partial charge >= 0.3 is 11.1 Å². The van der Waals surface area contributed by atoms with E-state index >= 15 is 0 Å². The SMILES string of the molecule is Cc1ccc(CNC(=O)Cn2c(=O)c(=O)n(Cc3ccccc3)c3ncccc32)cc1. The molecule has 0 aliphatic rings. The van der Waals surface area contributed by atoms with Crippen LogP contribution in [0.15, 0.2) is 82.5 Å². The number of amides is 1. The first kappa shape index (κ1) is 20.3. The Morgan fingerprint density at radius 2 is 1.58 bits per heavy atom. The number of aryl methyl sites for hydroxylation is 1. The van der Waals surface area contributed by atoms with E-state index in [0.717, 1.165) is 16.7 Å². The van der Waals surface area contributed by atoms with E-state index in [4.69, 9.17) is 0 Å². The van der Waals surface area contributed by atoms with Crippen LogP contribution in [0.2, 0.25) is 0 Å². The number of carbonyl (C=O) groups excluding carboxylic acids is 1. The number of aromatic nitrogens is 3. The lowest BCUT2D eigenvalue weighted by atomic mass is 10.1. The summed E-state index contributed by atoms with van der Waals surface area (Å²) in [6.07, 6.45) is 1.57. The molecule has 2 heterocycles. The zero-order valence-electron chi connectivity index (χ0n) is 17.1. The standard InChI is InChI=1S/C24H22N4O3/c1-17-9-11-18(12-10-17)14-26-21(29)16-27-20-8-5-13-25-22(20)28(24(31)23(27)30)15-19-6-3-2-4-7-19/h2-13H,14-16H2,1H3,(H,26,29). The fourth-order valence-corrected chi connectivity index (χ4v) is 3.42. The van der Waals surface area contributed by atoms with Gasteiger partial charge in [0.15, 0.2) is 5.65 Å². The number of nitrogens with zero attached hydrogens (tertiary/aromatic N) is 3. The van der Waals surface area contributed by atoms with E-state index in [-0.39, 0.29) is 19.0 Å². The summed E-state index contributed by atoms with van der Waals surface area (Å²) in [5.74, 6) is -0.354. The Labute approximate surface area is 178 Å². The van der Waals surface area contributed by atoms with Crippen LogP contribution in [-0.2, 0) is 24.4 Å². The highest BCUT2D eigenvalue weighted by Crippen LogP contribution is 2.10. The molecule has 7 nitrogen and oxygen atoms in total. The molecule has 31 heavy (non-hydrogen) atoms. The fourth-order valence-electron chi connectivity index (χ4n) is 3.42.